The van der Waals surface area contributed by atoms with E-state index in [1.54, 1.807) is 0 Å². The van der Waals surface area contributed by atoms with Gasteiger partial charge in [-0.15, -0.1) is 0 Å². The summed E-state index contributed by atoms with van der Waals surface area (Å²) in [4.78, 5) is -0.615. The highest BCUT2D eigenvalue weighted by Gasteiger charge is 2.73. The van der Waals surface area contributed by atoms with Crippen molar-refractivity contribution in [2.75, 3.05) is 0 Å². The average molecular weight is 426 g/mol. The summed E-state index contributed by atoms with van der Waals surface area (Å²) in [5.74, 6) is 1.72. The van der Waals surface area contributed by atoms with Crippen molar-refractivity contribution in [1.82, 2.24) is 0 Å². The highest BCUT2D eigenvalue weighted by atomic mass is 35.5. The van der Waals surface area contributed by atoms with E-state index in [0.29, 0.717) is 34.0 Å². The summed E-state index contributed by atoms with van der Waals surface area (Å²) in [6.07, 6.45) is 3.70. The Bertz CT molecular complexity index is 889. The molecule has 2 aromatic carbocycles. The molecule has 0 N–H and O–H groups in total. The number of alkyl halides is 1. The smallest absolute Gasteiger partial charge is 0.192 e. The lowest BCUT2D eigenvalue weighted by atomic mass is 9.85. The van der Waals surface area contributed by atoms with E-state index in [-0.39, 0.29) is 0 Å². The van der Waals surface area contributed by atoms with Gasteiger partial charge in [-0.05, 0) is 90.5 Å². The molecule has 4 bridgehead atoms. The zero-order valence-corrected chi connectivity index (χ0v) is 17.0. The first-order valence-corrected chi connectivity index (χ1v) is 10.5. The summed E-state index contributed by atoms with van der Waals surface area (Å²) >= 11 is 26.6. The lowest BCUT2D eigenvalue weighted by Gasteiger charge is -2.33. The Hall–Kier alpha value is -0.730. The van der Waals surface area contributed by atoms with Crippen molar-refractivity contribution < 1.29 is 4.58 Å². The van der Waals surface area contributed by atoms with Crippen LogP contribution in [0.2, 0.25) is 10.0 Å². The Balaban J connectivity index is 1.71. The van der Waals surface area contributed by atoms with Gasteiger partial charge in [-0.1, -0.05) is 23.2 Å². The van der Waals surface area contributed by atoms with Crippen LogP contribution in [0.25, 0.3) is 0 Å². The minimum atomic E-state index is -0.615. The van der Waals surface area contributed by atoms with Gasteiger partial charge < -0.3 is 0 Å². The quantitative estimate of drug-likeness (QED) is 0.293. The third-order valence-corrected chi connectivity index (χ3v) is 8.10. The molecule has 0 unspecified atom stereocenters. The third kappa shape index (κ3) is 2.34. The predicted molar refractivity (Wildman–Crippen MR) is 109 cm³/mol. The van der Waals surface area contributed by atoms with Crippen LogP contribution in [-0.4, -0.2) is 15.8 Å². The number of nitrogens with zero attached hydrogens (tertiary/aromatic N) is 1. The van der Waals surface area contributed by atoms with Gasteiger partial charge in [0.2, 0.25) is 0 Å². The van der Waals surface area contributed by atoms with Gasteiger partial charge in [-0.25, -0.2) is 0 Å². The Kier molecular flexibility index (Phi) is 4.10. The topological polar surface area (TPSA) is 3.01 Å². The first-order chi connectivity index (χ1) is 12.5. The Labute approximate surface area is 173 Å². The van der Waals surface area contributed by atoms with E-state index in [2.05, 4.69) is 16.7 Å². The molecule has 3 aliphatic rings. The molecule has 1 nitrogen and oxygen atoms in total. The lowest BCUT2D eigenvalue weighted by molar-refractivity contribution is -0.618. The van der Waals surface area contributed by atoms with Crippen LogP contribution in [0.1, 0.15) is 30.4 Å². The van der Waals surface area contributed by atoms with E-state index in [0.717, 1.165) is 16.1 Å². The summed E-state index contributed by atoms with van der Waals surface area (Å²) in [5, 5.41) is 2.14. The molecule has 2 saturated carbocycles. The number of halogens is 4. The maximum Gasteiger partial charge on any atom is 0.278 e. The van der Waals surface area contributed by atoms with Crippen molar-refractivity contribution in [2.45, 2.75) is 30.3 Å². The first-order valence-electron chi connectivity index (χ1n) is 9.03. The fraction of sp³-hybridized carbons (Fsp3) is 0.381. The van der Waals surface area contributed by atoms with Gasteiger partial charge in [-0.2, -0.15) is 4.58 Å². The molecule has 1 aliphatic heterocycles. The molecule has 5 atom stereocenters. The van der Waals surface area contributed by atoms with E-state index in [1.165, 1.54) is 19.3 Å². The van der Waals surface area contributed by atoms with Crippen molar-refractivity contribution in [1.29, 1.82) is 0 Å². The highest BCUT2D eigenvalue weighted by Crippen LogP contribution is 2.66. The first kappa shape index (κ1) is 17.4. The molecule has 134 valence electrons. The Morgan fingerprint density at radius 3 is 2.19 bits per heavy atom. The van der Waals surface area contributed by atoms with E-state index < -0.39 is 5.00 Å². The molecule has 0 radical (unpaired) electrons. The number of hydrogen-bond donors (Lipinski definition) is 0. The Morgan fingerprint density at radius 1 is 0.923 bits per heavy atom. The van der Waals surface area contributed by atoms with Crippen LogP contribution in [0.5, 0.6) is 0 Å². The second-order valence-corrected chi connectivity index (χ2v) is 9.49. The fourth-order valence-corrected chi connectivity index (χ4v) is 6.98. The van der Waals surface area contributed by atoms with Crippen LogP contribution < -0.4 is 0 Å². The van der Waals surface area contributed by atoms with Gasteiger partial charge in [-0.3, -0.25) is 0 Å². The molecule has 1 heterocycles. The fourth-order valence-electron chi connectivity index (χ4n) is 5.62. The SMILES string of the molecule is Cl/C(c1ccc(Cl)cc1)=[N+]1/[C@H]2C[C@@H]3CC[C@H]2[C@@H]3[C@@]1(Cl)c1ccc(Cl)cc1. The molecule has 5 rings (SSSR count). The van der Waals surface area contributed by atoms with Crippen molar-refractivity contribution >= 4 is 51.6 Å². The van der Waals surface area contributed by atoms with Crippen LogP contribution in [0.15, 0.2) is 48.5 Å². The highest BCUT2D eigenvalue weighted by molar-refractivity contribution is 6.68. The van der Waals surface area contributed by atoms with E-state index in [4.69, 9.17) is 46.4 Å². The summed E-state index contributed by atoms with van der Waals surface area (Å²) in [6, 6.07) is 16.0. The third-order valence-electron chi connectivity index (χ3n) is 6.55. The number of rotatable bonds is 2. The van der Waals surface area contributed by atoms with Crippen molar-refractivity contribution in [3.8, 4) is 0 Å². The standard InChI is InChI=1S/C21H18Cl4N/c22-15-6-1-12(2-7-15)20(24)26-18-11-13-3-10-17(18)19(13)21(26,25)14-4-8-16(23)9-5-14/h1-2,4-9,13,17-19H,3,10-11H2/q+1/b26-20-/t13-,17+,18-,19+,21+/m0/s1. The van der Waals surface area contributed by atoms with E-state index in [1.807, 2.05) is 36.4 Å². The number of piperidine rings is 1. The molecule has 0 spiro atoms. The zero-order valence-electron chi connectivity index (χ0n) is 14.0. The molecule has 2 aliphatic carbocycles. The summed E-state index contributed by atoms with van der Waals surface area (Å²) in [5.41, 5.74) is 2.04. The maximum absolute atomic E-state index is 7.47. The molecule has 26 heavy (non-hydrogen) atoms. The van der Waals surface area contributed by atoms with E-state index in [9.17, 15) is 0 Å². The van der Waals surface area contributed by atoms with Gasteiger partial charge in [0, 0.05) is 27.9 Å². The number of hydrogen-bond acceptors (Lipinski definition) is 0. The predicted octanol–water partition coefficient (Wildman–Crippen LogP) is 6.51. The minimum absolute atomic E-state index is 0.398. The van der Waals surface area contributed by atoms with Crippen LogP contribution in [-0.2, 0) is 5.00 Å². The molecule has 5 heteroatoms. The average Bonchev–Trinajstić information content (AvgIpc) is 3.28. The van der Waals surface area contributed by atoms with Gasteiger partial charge in [0.25, 0.3) is 10.2 Å². The minimum Gasteiger partial charge on any atom is -0.192 e. The van der Waals surface area contributed by atoms with Gasteiger partial charge in [0.15, 0.2) is 6.04 Å². The van der Waals surface area contributed by atoms with Gasteiger partial charge >= 0.3 is 0 Å². The second kappa shape index (κ2) is 6.14. The van der Waals surface area contributed by atoms with Crippen molar-refractivity contribution in [3.05, 3.63) is 69.7 Å². The molecule has 0 aromatic heterocycles. The van der Waals surface area contributed by atoms with Gasteiger partial charge in [0.05, 0.1) is 11.5 Å². The van der Waals surface area contributed by atoms with E-state index >= 15 is 0 Å². The molecule has 0 amide bonds. The van der Waals surface area contributed by atoms with Crippen LogP contribution in [0, 0.1) is 17.8 Å². The summed E-state index contributed by atoms with van der Waals surface area (Å²) in [6.45, 7) is 0. The largest absolute Gasteiger partial charge is 0.278 e. The second-order valence-electron chi connectivity index (χ2n) is 7.68. The van der Waals surface area contributed by atoms with Crippen molar-refractivity contribution in [2.24, 2.45) is 17.8 Å². The van der Waals surface area contributed by atoms with Crippen molar-refractivity contribution in [3.63, 3.8) is 0 Å². The molecular formula is C21H18Cl4N+. The molecule has 2 aromatic rings. The lowest BCUT2D eigenvalue weighted by Crippen LogP contribution is -2.45. The van der Waals surface area contributed by atoms with Crippen LogP contribution in [0.4, 0.5) is 0 Å². The Morgan fingerprint density at radius 2 is 1.54 bits per heavy atom. The van der Waals surface area contributed by atoms with Crippen LogP contribution >= 0.6 is 46.4 Å². The summed E-state index contributed by atoms with van der Waals surface area (Å²) < 4.78 is 2.27. The van der Waals surface area contributed by atoms with Crippen LogP contribution in [0.3, 0.4) is 0 Å². The molecule has 3 fully saturated rings. The molecular weight excluding hydrogens is 408 g/mol. The summed E-state index contributed by atoms with van der Waals surface area (Å²) in [7, 11) is 0. The van der Waals surface area contributed by atoms with Gasteiger partial charge in [0.1, 0.15) is 0 Å². The maximum atomic E-state index is 7.47. The monoisotopic (exact) mass is 424 g/mol. The molecule has 1 saturated heterocycles. The zero-order chi connectivity index (χ0) is 18.1. The number of benzene rings is 2. The normalized spacial score (nSPS) is 36.6.